The lowest BCUT2D eigenvalue weighted by Crippen LogP contribution is -2.23. The minimum absolute atomic E-state index is 0.0133. The third kappa shape index (κ3) is 1.15. The van der Waals surface area contributed by atoms with E-state index in [-0.39, 0.29) is 5.91 Å². The van der Waals surface area contributed by atoms with Crippen molar-refractivity contribution in [1.29, 1.82) is 0 Å². The van der Waals surface area contributed by atoms with E-state index in [9.17, 15) is 4.79 Å². The average Bonchev–Trinajstić information content (AvgIpc) is 2.33. The van der Waals surface area contributed by atoms with Gasteiger partial charge in [-0.3, -0.25) is 9.79 Å². The highest BCUT2D eigenvalue weighted by Crippen LogP contribution is 2.25. The van der Waals surface area contributed by atoms with Crippen molar-refractivity contribution in [3.8, 4) is 0 Å². The van der Waals surface area contributed by atoms with Gasteiger partial charge in [0.1, 0.15) is 5.70 Å². The second-order valence-corrected chi connectivity index (χ2v) is 3.34. The van der Waals surface area contributed by atoms with Gasteiger partial charge in [-0.15, -0.1) is 0 Å². The Bertz CT molecular complexity index is 289. The zero-order valence-electron chi connectivity index (χ0n) is 7.18. The van der Waals surface area contributed by atoms with Crippen LogP contribution in [0.25, 0.3) is 0 Å². The molecule has 2 aliphatic rings. The first kappa shape index (κ1) is 7.53. The lowest BCUT2D eigenvalue weighted by molar-refractivity contribution is -0.117. The van der Waals surface area contributed by atoms with E-state index < -0.39 is 0 Å². The van der Waals surface area contributed by atoms with Crippen LogP contribution in [0.1, 0.15) is 26.2 Å². The number of amides is 1. The van der Waals surface area contributed by atoms with Gasteiger partial charge < -0.3 is 5.32 Å². The molecule has 64 valence electrons. The summed E-state index contributed by atoms with van der Waals surface area (Å²) in [5.74, 6) is 0.0133. The van der Waals surface area contributed by atoms with E-state index in [0.717, 1.165) is 31.5 Å². The van der Waals surface area contributed by atoms with Crippen LogP contribution in [0.2, 0.25) is 0 Å². The van der Waals surface area contributed by atoms with Crippen LogP contribution in [-0.4, -0.2) is 18.2 Å². The molecule has 2 aliphatic heterocycles. The maximum Gasteiger partial charge on any atom is 0.269 e. The lowest BCUT2D eigenvalue weighted by Gasteiger charge is -1.98. The lowest BCUT2D eigenvalue weighted by atomic mass is 10.1. The number of nitrogens with zero attached hydrogens (tertiary/aromatic N) is 1. The molecule has 1 N–H and O–H groups in total. The summed E-state index contributed by atoms with van der Waals surface area (Å²) in [5.41, 5.74) is 2.98. The molecule has 0 aliphatic carbocycles. The molecule has 0 aromatic heterocycles. The van der Waals surface area contributed by atoms with Crippen molar-refractivity contribution in [3.05, 3.63) is 11.3 Å². The Morgan fingerprint density at radius 1 is 1.50 bits per heavy atom. The zero-order chi connectivity index (χ0) is 8.55. The smallest absolute Gasteiger partial charge is 0.269 e. The Balaban J connectivity index is 2.31. The molecule has 0 saturated carbocycles. The molecular formula is C9H12N2O. The summed E-state index contributed by atoms with van der Waals surface area (Å²) in [6.45, 7) is 2.77. The van der Waals surface area contributed by atoms with Gasteiger partial charge in [0, 0.05) is 18.7 Å². The number of hydrogen-bond acceptors (Lipinski definition) is 2. The van der Waals surface area contributed by atoms with Gasteiger partial charge in [-0.1, -0.05) is 0 Å². The zero-order valence-corrected chi connectivity index (χ0v) is 7.18. The fraction of sp³-hybridized carbons (Fsp3) is 0.556. The van der Waals surface area contributed by atoms with Crippen LogP contribution in [0.15, 0.2) is 16.3 Å². The molecule has 0 spiro atoms. The minimum Gasteiger partial charge on any atom is -0.351 e. The number of rotatable bonds is 0. The first-order chi connectivity index (χ1) is 5.77. The van der Waals surface area contributed by atoms with Crippen molar-refractivity contribution in [1.82, 2.24) is 5.32 Å². The largest absolute Gasteiger partial charge is 0.351 e. The van der Waals surface area contributed by atoms with Gasteiger partial charge in [-0.25, -0.2) is 0 Å². The molecule has 0 fully saturated rings. The van der Waals surface area contributed by atoms with Crippen molar-refractivity contribution in [2.75, 3.05) is 6.54 Å². The number of aliphatic imine (C=N–C) groups is 1. The van der Waals surface area contributed by atoms with Crippen molar-refractivity contribution in [2.45, 2.75) is 26.2 Å². The summed E-state index contributed by atoms with van der Waals surface area (Å²) in [6, 6.07) is 0. The van der Waals surface area contributed by atoms with Crippen molar-refractivity contribution in [2.24, 2.45) is 4.99 Å². The van der Waals surface area contributed by atoms with Gasteiger partial charge in [0.25, 0.3) is 5.91 Å². The van der Waals surface area contributed by atoms with Crippen LogP contribution in [0.4, 0.5) is 0 Å². The second kappa shape index (κ2) is 2.73. The minimum atomic E-state index is 0.0133. The van der Waals surface area contributed by atoms with Crippen LogP contribution in [0.5, 0.6) is 0 Å². The van der Waals surface area contributed by atoms with Crippen molar-refractivity contribution < 1.29 is 4.79 Å². The first-order valence-electron chi connectivity index (χ1n) is 4.32. The Hall–Kier alpha value is -1.12. The van der Waals surface area contributed by atoms with Gasteiger partial charge in [0.15, 0.2) is 0 Å². The molecule has 3 nitrogen and oxygen atoms in total. The van der Waals surface area contributed by atoms with E-state index in [4.69, 9.17) is 0 Å². The molecule has 0 saturated heterocycles. The molecule has 12 heavy (non-hydrogen) atoms. The van der Waals surface area contributed by atoms with E-state index in [2.05, 4.69) is 10.3 Å². The molecule has 0 aromatic carbocycles. The molecule has 0 aromatic rings. The third-order valence-corrected chi connectivity index (χ3v) is 2.26. The number of carbonyl (C=O) groups excluding carboxylic acids is 1. The van der Waals surface area contributed by atoms with Gasteiger partial charge in [0.05, 0.1) is 0 Å². The molecule has 3 heteroatoms. The number of hydrogen-bond donors (Lipinski definition) is 1. The van der Waals surface area contributed by atoms with Crippen LogP contribution in [0, 0.1) is 0 Å². The molecule has 2 rings (SSSR count). The summed E-state index contributed by atoms with van der Waals surface area (Å²) in [4.78, 5) is 15.6. The number of carbonyl (C=O) groups is 1. The van der Waals surface area contributed by atoms with Crippen LogP contribution in [-0.2, 0) is 4.79 Å². The molecule has 1 amide bonds. The van der Waals surface area contributed by atoms with Gasteiger partial charge >= 0.3 is 0 Å². The summed E-state index contributed by atoms with van der Waals surface area (Å²) >= 11 is 0. The summed E-state index contributed by atoms with van der Waals surface area (Å²) in [5, 5.41) is 2.83. The van der Waals surface area contributed by atoms with Crippen LogP contribution < -0.4 is 5.32 Å². The molecule has 0 bridgehead atoms. The second-order valence-electron chi connectivity index (χ2n) is 3.34. The van der Waals surface area contributed by atoms with Gasteiger partial charge in [-0.2, -0.15) is 0 Å². The Kier molecular flexibility index (Phi) is 1.71. The Labute approximate surface area is 71.6 Å². The van der Waals surface area contributed by atoms with Gasteiger partial charge in [0.2, 0.25) is 0 Å². The third-order valence-electron chi connectivity index (χ3n) is 2.26. The van der Waals surface area contributed by atoms with Crippen LogP contribution in [0.3, 0.4) is 0 Å². The summed E-state index contributed by atoms with van der Waals surface area (Å²) in [6.07, 6.45) is 2.98. The fourth-order valence-electron chi connectivity index (χ4n) is 1.71. The van der Waals surface area contributed by atoms with E-state index in [0.29, 0.717) is 5.70 Å². The quantitative estimate of drug-likeness (QED) is 0.570. The van der Waals surface area contributed by atoms with Crippen molar-refractivity contribution >= 4 is 11.6 Å². The molecule has 0 atom stereocenters. The monoisotopic (exact) mass is 164 g/mol. The molecular weight excluding hydrogens is 152 g/mol. The normalized spacial score (nSPS) is 23.1. The predicted molar refractivity (Wildman–Crippen MR) is 47.0 cm³/mol. The average molecular weight is 164 g/mol. The Morgan fingerprint density at radius 2 is 2.33 bits per heavy atom. The summed E-state index contributed by atoms with van der Waals surface area (Å²) in [7, 11) is 0. The maximum atomic E-state index is 11.4. The van der Waals surface area contributed by atoms with E-state index in [1.807, 2.05) is 6.92 Å². The topological polar surface area (TPSA) is 41.5 Å². The SMILES string of the molecule is CC1=NC2=C(CCCNC2=O)C1. The molecule has 0 unspecified atom stereocenters. The highest BCUT2D eigenvalue weighted by molar-refractivity contribution is 6.02. The number of allylic oxidation sites excluding steroid dienone is 1. The highest BCUT2D eigenvalue weighted by Gasteiger charge is 2.22. The number of nitrogens with one attached hydrogen (secondary N) is 1. The van der Waals surface area contributed by atoms with E-state index in [1.54, 1.807) is 0 Å². The van der Waals surface area contributed by atoms with E-state index in [1.165, 1.54) is 5.57 Å². The van der Waals surface area contributed by atoms with E-state index >= 15 is 0 Å². The summed E-state index contributed by atoms with van der Waals surface area (Å²) < 4.78 is 0. The maximum absolute atomic E-state index is 11.4. The van der Waals surface area contributed by atoms with Crippen LogP contribution >= 0.6 is 0 Å². The van der Waals surface area contributed by atoms with Crippen molar-refractivity contribution in [3.63, 3.8) is 0 Å². The fourth-order valence-corrected chi connectivity index (χ4v) is 1.71. The first-order valence-corrected chi connectivity index (χ1v) is 4.32. The molecule has 2 heterocycles. The van der Waals surface area contributed by atoms with Gasteiger partial charge in [-0.05, 0) is 25.3 Å². The Morgan fingerprint density at radius 3 is 3.17 bits per heavy atom. The highest BCUT2D eigenvalue weighted by atomic mass is 16.2. The standard InChI is InChI=1S/C9H12N2O/c1-6-5-7-3-2-4-10-9(12)8(7)11-6/h2-5H2,1H3,(H,10,12). The molecule has 0 radical (unpaired) electrons. The predicted octanol–water partition coefficient (Wildman–Crippen LogP) is 1.02.